The van der Waals surface area contributed by atoms with Gasteiger partial charge in [-0.3, -0.25) is 4.79 Å². The van der Waals surface area contributed by atoms with Crippen molar-refractivity contribution in [2.75, 3.05) is 62.3 Å². The number of aromatic nitrogens is 2. The minimum atomic E-state index is 0.0565. The lowest BCUT2D eigenvalue weighted by Gasteiger charge is -2.35. The van der Waals surface area contributed by atoms with Crippen LogP contribution < -0.4 is 9.80 Å². The summed E-state index contributed by atoms with van der Waals surface area (Å²) in [6.45, 7) is 8.16. The summed E-state index contributed by atoms with van der Waals surface area (Å²) < 4.78 is 5.43. The number of nitrogens with zero attached hydrogens (tertiary/aromatic N) is 5. The highest BCUT2D eigenvalue weighted by Gasteiger charge is 2.22. The number of piperazine rings is 1. The number of morpholine rings is 1. The number of hydrogen-bond donors (Lipinski definition) is 0. The van der Waals surface area contributed by atoms with Crippen molar-refractivity contribution in [3.8, 4) is 0 Å². The molecule has 2 saturated heterocycles. The average Bonchev–Trinajstić information content (AvgIpc) is 2.79. The Morgan fingerprint density at radius 2 is 1.79 bits per heavy atom. The second-order valence-corrected chi connectivity index (χ2v) is 7.37. The zero-order valence-electron chi connectivity index (χ0n) is 16.8. The maximum atomic E-state index is 12.6. The Morgan fingerprint density at radius 3 is 2.55 bits per heavy atom. The average molecular weight is 393 g/mol. The van der Waals surface area contributed by atoms with Crippen LogP contribution >= 0.6 is 0 Å². The van der Waals surface area contributed by atoms with Crippen molar-refractivity contribution in [1.82, 2.24) is 15.1 Å². The lowest BCUT2D eigenvalue weighted by atomic mass is 10.1. The number of hydrogen-bond acceptors (Lipinski definition) is 6. The normalized spacial score (nSPS) is 17.8. The molecule has 0 radical (unpaired) electrons. The van der Waals surface area contributed by atoms with Gasteiger partial charge < -0.3 is 19.4 Å². The molecule has 0 bridgehead atoms. The van der Waals surface area contributed by atoms with Crippen LogP contribution in [0.25, 0.3) is 6.08 Å². The third-order valence-corrected chi connectivity index (χ3v) is 5.51. The number of anilines is 2. The van der Waals surface area contributed by atoms with Crippen LogP contribution in [-0.2, 0) is 9.53 Å². The molecule has 2 aliphatic heterocycles. The molecule has 0 spiro atoms. The van der Waals surface area contributed by atoms with E-state index in [9.17, 15) is 4.79 Å². The van der Waals surface area contributed by atoms with Crippen LogP contribution in [0.15, 0.2) is 42.6 Å². The molecule has 2 aromatic rings. The highest BCUT2D eigenvalue weighted by molar-refractivity contribution is 5.92. The molecule has 0 atom stereocenters. The fraction of sp³-hybridized carbons (Fsp3) is 0.409. The number of amides is 1. The maximum Gasteiger partial charge on any atom is 0.246 e. The number of ether oxygens (including phenoxy) is 1. The van der Waals surface area contributed by atoms with Crippen molar-refractivity contribution in [2.45, 2.75) is 6.92 Å². The predicted molar refractivity (Wildman–Crippen MR) is 114 cm³/mol. The van der Waals surface area contributed by atoms with E-state index in [1.54, 1.807) is 6.08 Å². The van der Waals surface area contributed by atoms with Crippen LogP contribution in [0, 0.1) is 6.92 Å². The first kappa shape index (κ1) is 19.4. The van der Waals surface area contributed by atoms with E-state index in [2.05, 4.69) is 39.1 Å². The third kappa shape index (κ3) is 4.74. The van der Waals surface area contributed by atoms with E-state index in [-0.39, 0.29) is 5.91 Å². The molecule has 1 amide bonds. The highest BCUT2D eigenvalue weighted by atomic mass is 16.5. The summed E-state index contributed by atoms with van der Waals surface area (Å²) in [6, 6.07) is 10.2. The van der Waals surface area contributed by atoms with Gasteiger partial charge in [0.1, 0.15) is 0 Å². The Hall–Kier alpha value is -2.93. The minimum Gasteiger partial charge on any atom is -0.378 e. The largest absolute Gasteiger partial charge is 0.378 e. The van der Waals surface area contributed by atoms with Crippen LogP contribution in [0.4, 0.5) is 11.5 Å². The van der Waals surface area contributed by atoms with Gasteiger partial charge in [0.15, 0.2) is 5.82 Å². The quantitative estimate of drug-likeness (QED) is 0.741. The number of rotatable bonds is 4. The van der Waals surface area contributed by atoms with Crippen LogP contribution in [0.2, 0.25) is 0 Å². The first-order chi connectivity index (χ1) is 14.2. The van der Waals surface area contributed by atoms with Crippen LogP contribution in [0.1, 0.15) is 11.1 Å². The predicted octanol–water partition coefficient (Wildman–Crippen LogP) is 1.98. The molecule has 7 heteroatoms. The molecule has 2 aliphatic rings. The molecule has 1 aromatic heterocycles. The molecule has 1 aromatic carbocycles. The van der Waals surface area contributed by atoms with Crippen molar-refractivity contribution < 1.29 is 9.53 Å². The van der Waals surface area contributed by atoms with E-state index in [1.807, 2.05) is 35.4 Å². The summed E-state index contributed by atoms with van der Waals surface area (Å²) in [5.74, 6) is 0.928. The van der Waals surface area contributed by atoms with E-state index in [0.29, 0.717) is 13.1 Å². The summed E-state index contributed by atoms with van der Waals surface area (Å²) in [5.41, 5.74) is 3.33. The van der Waals surface area contributed by atoms with E-state index in [1.165, 1.54) is 5.56 Å². The Labute approximate surface area is 171 Å². The van der Waals surface area contributed by atoms with E-state index in [4.69, 9.17) is 4.74 Å². The summed E-state index contributed by atoms with van der Waals surface area (Å²) in [4.78, 5) is 18.9. The Morgan fingerprint density at radius 1 is 1.03 bits per heavy atom. The molecule has 2 fully saturated rings. The van der Waals surface area contributed by atoms with Gasteiger partial charge in [-0.25, -0.2) is 0 Å². The molecule has 3 heterocycles. The number of benzene rings is 1. The fourth-order valence-electron chi connectivity index (χ4n) is 3.69. The van der Waals surface area contributed by atoms with Crippen molar-refractivity contribution in [1.29, 1.82) is 0 Å². The van der Waals surface area contributed by atoms with Gasteiger partial charge in [-0.15, -0.1) is 5.10 Å². The zero-order valence-corrected chi connectivity index (χ0v) is 16.8. The van der Waals surface area contributed by atoms with Crippen LogP contribution in [-0.4, -0.2) is 73.5 Å². The molecule has 152 valence electrons. The lowest BCUT2D eigenvalue weighted by Crippen LogP contribution is -2.48. The van der Waals surface area contributed by atoms with Gasteiger partial charge in [0.05, 0.1) is 25.1 Å². The van der Waals surface area contributed by atoms with E-state index >= 15 is 0 Å². The molecule has 4 rings (SSSR count). The number of carbonyl (C=O) groups excluding carboxylic acids is 1. The first-order valence-corrected chi connectivity index (χ1v) is 10.1. The Balaban J connectivity index is 1.34. The minimum absolute atomic E-state index is 0.0565. The summed E-state index contributed by atoms with van der Waals surface area (Å²) >= 11 is 0. The van der Waals surface area contributed by atoms with Crippen molar-refractivity contribution in [3.05, 3.63) is 53.7 Å². The monoisotopic (exact) mass is 393 g/mol. The third-order valence-electron chi connectivity index (χ3n) is 5.51. The zero-order chi connectivity index (χ0) is 20.1. The van der Waals surface area contributed by atoms with E-state index < -0.39 is 0 Å². The summed E-state index contributed by atoms with van der Waals surface area (Å²) in [5, 5.41) is 8.51. The topological polar surface area (TPSA) is 61.8 Å². The Bertz CT molecular complexity index is 871. The van der Waals surface area contributed by atoms with Gasteiger partial charge in [0, 0.05) is 51.4 Å². The second kappa shape index (κ2) is 9.05. The molecule has 29 heavy (non-hydrogen) atoms. The Kier molecular flexibility index (Phi) is 6.05. The molecule has 0 aliphatic carbocycles. The van der Waals surface area contributed by atoms with Crippen molar-refractivity contribution in [3.63, 3.8) is 0 Å². The number of carbonyl (C=O) groups is 1. The standard InChI is InChI=1S/C22H27N5O2/c1-18-4-2-3-5-19(18)6-7-22(28)27-10-8-26(9-11-27)21-16-20(17-23-24-21)25-12-14-29-15-13-25/h2-7,16-17H,8-15H2,1H3/b7-6+. The van der Waals surface area contributed by atoms with Crippen LogP contribution in [0.5, 0.6) is 0 Å². The van der Waals surface area contributed by atoms with Gasteiger partial charge in [-0.1, -0.05) is 24.3 Å². The smallest absolute Gasteiger partial charge is 0.246 e. The fourth-order valence-corrected chi connectivity index (χ4v) is 3.69. The van der Waals surface area contributed by atoms with Gasteiger partial charge in [0.2, 0.25) is 5.91 Å². The summed E-state index contributed by atoms with van der Waals surface area (Å²) in [6.07, 6.45) is 5.39. The molecule has 0 N–H and O–H groups in total. The molecular weight excluding hydrogens is 366 g/mol. The van der Waals surface area contributed by atoms with Gasteiger partial charge in [-0.2, -0.15) is 5.10 Å². The van der Waals surface area contributed by atoms with E-state index in [0.717, 1.165) is 56.5 Å². The lowest BCUT2D eigenvalue weighted by molar-refractivity contribution is -0.126. The SMILES string of the molecule is Cc1ccccc1/C=C/C(=O)N1CCN(c2cc(N3CCOCC3)cnn2)CC1. The first-order valence-electron chi connectivity index (χ1n) is 10.1. The molecule has 7 nitrogen and oxygen atoms in total. The van der Waals surface area contributed by atoms with Gasteiger partial charge in [-0.05, 0) is 24.1 Å². The molecule has 0 unspecified atom stereocenters. The second-order valence-electron chi connectivity index (χ2n) is 7.37. The highest BCUT2D eigenvalue weighted by Crippen LogP contribution is 2.21. The van der Waals surface area contributed by atoms with Crippen molar-refractivity contribution >= 4 is 23.5 Å². The van der Waals surface area contributed by atoms with Gasteiger partial charge in [0.25, 0.3) is 0 Å². The molecule has 0 saturated carbocycles. The number of aryl methyl sites for hydroxylation is 1. The summed E-state index contributed by atoms with van der Waals surface area (Å²) in [7, 11) is 0. The van der Waals surface area contributed by atoms with Crippen LogP contribution in [0.3, 0.4) is 0 Å². The maximum absolute atomic E-state index is 12.6. The molecular formula is C22H27N5O2. The van der Waals surface area contributed by atoms with Crippen molar-refractivity contribution in [2.24, 2.45) is 0 Å². The van der Waals surface area contributed by atoms with Gasteiger partial charge >= 0.3 is 0 Å².